The van der Waals surface area contributed by atoms with E-state index >= 15 is 0 Å². The maximum atomic E-state index is 13.0. The van der Waals surface area contributed by atoms with Gasteiger partial charge >= 0.3 is 0 Å². The summed E-state index contributed by atoms with van der Waals surface area (Å²) >= 11 is 5.92. The van der Waals surface area contributed by atoms with Crippen molar-refractivity contribution >= 4 is 39.3 Å². The van der Waals surface area contributed by atoms with Gasteiger partial charge in [0.2, 0.25) is 10.0 Å². The van der Waals surface area contributed by atoms with Gasteiger partial charge in [-0.2, -0.15) is 4.31 Å². The number of amidine groups is 1. The highest BCUT2D eigenvalue weighted by Crippen LogP contribution is 2.30. The van der Waals surface area contributed by atoms with Gasteiger partial charge < -0.3 is 20.5 Å². The first-order valence-corrected chi connectivity index (χ1v) is 11.6. The molecule has 0 aliphatic carbocycles. The Kier molecular flexibility index (Phi) is 8.80. The van der Waals surface area contributed by atoms with Crippen molar-refractivity contribution in [1.82, 2.24) is 9.21 Å². The van der Waals surface area contributed by atoms with Crippen LogP contribution in [-0.4, -0.2) is 73.7 Å². The molecular formula is C21H25ClN4O6S. The molecule has 0 saturated carbocycles. The van der Waals surface area contributed by atoms with E-state index in [1.54, 1.807) is 29.2 Å². The number of ether oxygens (including phenoxy) is 1. The van der Waals surface area contributed by atoms with E-state index in [1.165, 1.54) is 29.6 Å². The Hall–Kier alpha value is -3.15. The van der Waals surface area contributed by atoms with Crippen LogP contribution in [-0.2, 0) is 14.8 Å². The molecule has 0 radical (unpaired) electrons. The highest BCUT2D eigenvalue weighted by molar-refractivity contribution is 7.89. The fourth-order valence-corrected chi connectivity index (χ4v) is 4.82. The molecule has 1 fully saturated rings. The standard InChI is InChI=1S/C19H21ClN4O4S.C2H4O2/c1-28-16-12-15(20)6-7-17(16)29(26,27)24-10-8-23(9-11-24)19(25)14-4-2-13(3-5-14)18(21)22;1-2(3)4/h2-7,12H,8-11H2,1H3,(H3,21,22);1H3,(H,3,4). The van der Waals surface area contributed by atoms with Crippen molar-refractivity contribution in [1.29, 1.82) is 5.41 Å². The van der Waals surface area contributed by atoms with Gasteiger partial charge in [-0.25, -0.2) is 8.42 Å². The fourth-order valence-electron chi connectivity index (χ4n) is 3.10. The molecule has 10 nitrogen and oxygen atoms in total. The van der Waals surface area contributed by atoms with E-state index < -0.39 is 16.0 Å². The Bertz CT molecular complexity index is 1130. The molecule has 2 aromatic rings. The molecule has 4 N–H and O–H groups in total. The monoisotopic (exact) mass is 496 g/mol. The van der Waals surface area contributed by atoms with Gasteiger partial charge in [-0.3, -0.25) is 15.0 Å². The minimum Gasteiger partial charge on any atom is -0.495 e. The lowest BCUT2D eigenvalue weighted by Crippen LogP contribution is -2.50. The molecule has 178 valence electrons. The Morgan fingerprint density at radius 2 is 1.58 bits per heavy atom. The number of rotatable bonds is 5. The largest absolute Gasteiger partial charge is 0.495 e. The molecule has 1 amide bonds. The van der Waals surface area contributed by atoms with Gasteiger partial charge in [0, 0.05) is 55.3 Å². The molecule has 3 rings (SSSR count). The maximum Gasteiger partial charge on any atom is 0.300 e. The molecule has 12 heteroatoms. The van der Waals surface area contributed by atoms with Crippen molar-refractivity contribution in [2.45, 2.75) is 11.8 Å². The molecule has 0 aromatic heterocycles. The number of hydrogen-bond acceptors (Lipinski definition) is 6. The number of aliphatic carboxylic acids is 1. The van der Waals surface area contributed by atoms with E-state index in [0.29, 0.717) is 16.1 Å². The Morgan fingerprint density at radius 3 is 2.06 bits per heavy atom. The van der Waals surface area contributed by atoms with Crippen LogP contribution in [0.5, 0.6) is 5.75 Å². The van der Waals surface area contributed by atoms with E-state index in [2.05, 4.69) is 0 Å². The van der Waals surface area contributed by atoms with Gasteiger partial charge in [-0.05, 0) is 24.3 Å². The number of halogens is 1. The normalized spacial score (nSPS) is 14.1. The van der Waals surface area contributed by atoms with Crippen LogP contribution in [0.25, 0.3) is 0 Å². The van der Waals surface area contributed by atoms with Gasteiger partial charge in [0.25, 0.3) is 11.9 Å². The van der Waals surface area contributed by atoms with Gasteiger partial charge in [0.05, 0.1) is 7.11 Å². The number of nitrogen functional groups attached to an aromatic ring is 1. The summed E-state index contributed by atoms with van der Waals surface area (Å²) in [5, 5.41) is 15.2. The second-order valence-electron chi connectivity index (χ2n) is 7.00. The summed E-state index contributed by atoms with van der Waals surface area (Å²) in [6.45, 7) is 1.96. The number of carboxylic acids is 1. The topological polar surface area (TPSA) is 154 Å². The number of nitrogens with two attached hydrogens (primary N) is 1. The molecule has 1 heterocycles. The number of amides is 1. The molecular weight excluding hydrogens is 472 g/mol. The summed E-state index contributed by atoms with van der Waals surface area (Å²) in [6, 6.07) is 10.8. The molecule has 1 aliphatic heterocycles. The predicted octanol–water partition coefficient (Wildman–Crippen LogP) is 1.87. The van der Waals surface area contributed by atoms with Crippen LogP contribution in [0.4, 0.5) is 0 Å². The number of benzene rings is 2. The summed E-state index contributed by atoms with van der Waals surface area (Å²) < 4.78 is 32.5. The number of nitrogens with one attached hydrogen (secondary N) is 1. The Labute approximate surface area is 197 Å². The van der Waals surface area contributed by atoms with Crippen LogP contribution in [0, 0.1) is 5.41 Å². The third-order valence-electron chi connectivity index (χ3n) is 4.71. The van der Waals surface area contributed by atoms with Crippen LogP contribution < -0.4 is 10.5 Å². The molecule has 0 unspecified atom stereocenters. The summed E-state index contributed by atoms with van der Waals surface area (Å²) in [5.41, 5.74) is 6.42. The van der Waals surface area contributed by atoms with Crippen molar-refractivity contribution in [3.8, 4) is 5.75 Å². The zero-order valence-corrected chi connectivity index (χ0v) is 19.7. The highest BCUT2D eigenvalue weighted by Gasteiger charge is 2.32. The third kappa shape index (κ3) is 6.67. The van der Waals surface area contributed by atoms with Crippen molar-refractivity contribution in [2.24, 2.45) is 5.73 Å². The van der Waals surface area contributed by atoms with Crippen molar-refractivity contribution in [3.63, 3.8) is 0 Å². The smallest absolute Gasteiger partial charge is 0.300 e. The second kappa shape index (κ2) is 11.1. The van der Waals surface area contributed by atoms with Crippen LogP contribution in [0.1, 0.15) is 22.8 Å². The van der Waals surface area contributed by atoms with Crippen LogP contribution in [0.2, 0.25) is 5.02 Å². The lowest BCUT2D eigenvalue weighted by molar-refractivity contribution is -0.134. The molecule has 0 bridgehead atoms. The van der Waals surface area contributed by atoms with E-state index in [1.807, 2.05) is 0 Å². The quantitative estimate of drug-likeness (QED) is 0.421. The van der Waals surface area contributed by atoms with Crippen LogP contribution in [0.3, 0.4) is 0 Å². The molecule has 1 aliphatic rings. The SMILES string of the molecule is CC(=O)O.COc1cc(Cl)ccc1S(=O)(=O)N1CCN(C(=O)c2ccc(C(=N)N)cc2)CC1. The number of piperazine rings is 1. The first-order valence-electron chi connectivity index (χ1n) is 9.74. The van der Waals surface area contributed by atoms with Crippen LogP contribution >= 0.6 is 11.6 Å². The van der Waals surface area contributed by atoms with Crippen molar-refractivity contribution in [2.75, 3.05) is 33.3 Å². The number of carboxylic acid groups (broad SMARTS) is 1. The second-order valence-corrected chi connectivity index (χ2v) is 9.34. The summed E-state index contributed by atoms with van der Waals surface area (Å²) in [5.74, 6) is -0.914. The zero-order chi connectivity index (χ0) is 24.8. The first-order chi connectivity index (χ1) is 15.5. The number of carbonyl (C=O) groups is 2. The molecule has 2 aromatic carbocycles. The maximum absolute atomic E-state index is 13.0. The minimum absolute atomic E-state index is 0.0454. The summed E-state index contributed by atoms with van der Waals surface area (Å²) in [7, 11) is -2.39. The third-order valence-corrected chi connectivity index (χ3v) is 6.89. The van der Waals surface area contributed by atoms with Gasteiger partial charge in [0.1, 0.15) is 16.5 Å². The van der Waals surface area contributed by atoms with Gasteiger partial charge in [0.15, 0.2) is 0 Å². The molecule has 33 heavy (non-hydrogen) atoms. The number of methoxy groups -OCH3 is 1. The van der Waals surface area contributed by atoms with E-state index in [0.717, 1.165) is 6.92 Å². The first kappa shape index (κ1) is 26.1. The van der Waals surface area contributed by atoms with E-state index in [4.69, 9.17) is 37.4 Å². The lowest BCUT2D eigenvalue weighted by Gasteiger charge is -2.34. The fraction of sp³-hybridized carbons (Fsp3) is 0.286. The minimum atomic E-state index is -3.78. The predicted molar refractivity (Wildman–Crippen MR) is 123 cm³/mol. The zero-order valence-electron chi connectivity index (χ0n) is 18.1. The number of nitrogens with zero attached hydrogens (tertiary/aromatic N) is 2. The van der Waals surface area contributed by atoms with Crippen molar-refractivity contribution < 1.29 is 27.9 Å². The average molecular weight is 497 g/mol. The molecule has 0 spiro atoms. The Balaban J connectivity index is 0.000000890. The number of hydrogen-bond donors (Lipinski definition) is 3. The van der Waals surface area contributed by atoms with E-state index in [-0.39, 0.29) is 48.6 Å². The summed E-state index contributed by atoms with van der Waals surface area (Å²) in [6.07, 6.45) is 0. The molecule has 1 saturated heterocycles. The van der Waals surface area contributed by atoms with Gasteiger partial charge in [-0.15, -0.1) is 0 Å². The highest BCUT2D eigenvalue weighted by atomic mass is 35.5. The van der Waals surface area contributed by atoms with Gasteiger partial charge in [-0.1, -0.05) is 23.7 Å². The lowest BCUT2D eigenvalue weighted by atomic mass is 10.1. The molecule has 0 atom stereocenters. The number of sulfonamides is 1. The summed E-state index contributed by atoms with van der Waals surface area (Å²) in [4.78, 5) is 23.3. The number of carbonyl (C=O) groups excluding carboxylic acids is 1. The van der Waals surface area contributed by atoms with E-state index in [9.17, 15) is 13.2 Å². The Morgan fingerprint density at radius 1 is 1.06 bits per heavy atom. The van der Waals surface area contributed by atoms with Crippen molar-refractivity contribution in [3.05, 3.63) is 58.6 Å². The van der Waals surface area contributed by atoms with Crippen LogP contribution in [0.15, 0.2) is 47.4 Å². The average Bonchev–Trinajstić information content (AvgIpc) is 2.78.